The van der Waals surface area contributed by atoms with E-state index in [0.29, 0.717) is 6.04 Å². The molecule has 2 saturated heterocycles. The summed E-state index contributed by atoms with van der Waals surface area (Å²) in [6, 6.07) is 5.20. The zero-order chi connectivity index (χ0) is 20.9. The number of amides is 2. The molecule has 1 atom stereocenters. The molecule has 1 aromatic carbocycles. The summed E-state index contributed by atoms with van der Waals surface area (Å²) in [5, 5.41) is 5.32. The van der Waals surface area contributed by atoms with Gasteiger partial charge < -0.3 is 20.1 Å². The number of rotatable bonds is 6. The van der Waals surface area contributed by atoms with Crippen molar-refractivity contribution < 1.29 is 32.2 Å². The number of carbonyl (C=O) groups is 2. The normalized spacial score (nSPS) is 21.0. The molecule has 10 heteroatoms. The first-order valence-electron chi connectivity index (χ1n) is 9.55. The molecule has 7 nitrogen and oxygen atoms in total. The van der Waals surface area contributed by atoms with Crippen molar-refractivity contribution in [3.63, 3.8) is 0 Å². The first kappa shape index (κ1) is 21.4. The zero-order valence-electron chi connectivity index (χ0n) is 15.8. The second-order valence-corrected chi connectivity index (χ2v) is 7.15. The van der Waals surface area contributed by atoms with Gasteiger partial charge in [0.05, 0.1) is 6.54 Å². The maximum atomic E-state index is 12.3. The molecule has 2 fully saturated rings. The number of halogens is 3. The molecule has 2 amide bonds. The highest BCUT2D eigenvalue weighted by atomic mass is 19.4. The van der Waals surface area contributed by atoms with Gasteiger partial charge in [-0.2, -0.15) is 0 Å². The molecule has 29 heavy (non-hydrogen) atoms. The third kappa shape index (κ3) is 6.60. The fraction of sp³-hybridized carbons (Fsp3) is 0.579. The van der Waals surface area contributed by atoms with Gasteiger partial charge in [0, 0.05) is 44.0 Å². The van der Waals surface area contributed by atoms with Crippen LogP contribution in [0.25, 0.3) is 0 Å². The molecule has 160 valence electrons. The monoisotopic (exact) mass is 415 g/mol. The third-order valence-corrected chi connectivity index (χ3v) is 5.03. The lowest BCUT2D eigenvalue weighted by atomic mass is 10.1. The van der Waals surface area contributed by atoms with Crippen LogP contribution in [0.2, 0.25) is 0 Å². The summed E-state index contributed by atoms with van der Waals surface area (Å²) in [7, 11) is 0. The Kier molecular flexibility index (Phi) is 6.96. The molecule has 2 heterocycles. The molecule has 0 radical (unpaired) electrons. The number of hydrogen-bond donors (Lipinski definition) is 2. The van der Waals surface area contributed by atoms with Crippen LogP contribution in [0.15, 0.2) is 24.3 Å². The zero-order valence-corrected chi connectivity index (χ0v) is 15.8. The number of hydrogen-bond acceptors (Lipinski definition) is 5. The van der Waals surface area contributed by atoms with Gasteiger partial charge in [-0.25, -0.2) is 0 Å². The summed E-state index contributed by atoms with van der Waals surface area (Å²) in [5.41, 5.74) is -0.0221. The van der Waals surface area contributed by atoms with Crippen LogP contribution in [-0.4, -0.2) is 68.0 Å². The van der Waals surface area contributed by atoms with Crippen LogP contribution in [-0.2, 0) is 9.53 Å². The van der Waals surface area contributed by atoms with Gasteiger partial charge in [-0.3, -0.25) is 14.5 Å². The Morgan fingerprint density at radius 2 is 1.97 bits per heavy atom. The van der Waals surface area contributed by atoms with Gasteiger partial charge in [-0.15, -0.1) is 13.2 Å². The number of likely N-dealkylation sites (tertiary alicyclic amines) is 1. The molecule has 2 aliphatic rings. The van der Waals surface area contributed by atoms with Gasteiger partial charge in [0.25, 0.3) is 5.91 Å². The molecule has 1 unspecified atom stereocenters. The molecule has 0 saturated carbocycles. The van der Waals surface area contributed by atoms with Gasteiger partial charge >= 0.3 is 6.36 Å². The number of carbonyl (C=O) groups excluding carboxylic acids is 2. The van der Waals surface area contributed by atoms with E-state index in [1.54, 1.807) is 0 Å². The predicted octanol–water partition coefficient (Wildman–Crippen LogP) is 1.68. The molecule has 2 N–H and O–H groups in total. The highest BCUT2D eigenvalue weighted by molar-refractivity contribution is 5.96. The average molecular weight is 415 g/mol. The lowest BCUT2D eigenvalue weighted by Gasteiger charge is -2.31. The number of nitrogens with one attached hydrogen (secondary N) is 2. The minimum atomic E-state index is -4.84. The highest BCUT2D eigenvalue weighted by Crippen LogP contribution is 2.23. The largest absolute Gasteiger partial charge is 0.573 e. The van der Waals surface area contributed by atoms with Crippen LogP contribution in [0.5, 0.6) is 5.75 Å². The maximum absolute atomic E-state index is 12.3. The van der Waals surface area contributed by atoms with E-state index >= 15 is 0 Å². The van der Waals surface area contributed by atoms with Gasteiger partial charge in [-0.1, -0.05) is 6.07 Å². The first-order chi connectivity index (χ1) is 13.8. The second kappa shape index (κ2) is 9.45. The Bertz CT molecular complexity index is 723. The quantitative estimate of drug-likeness (QED) is 0.739. The first-order valence-corrected chi connectivity index (χ1v) is 9.55. The van der Waals surface area contributed by atoms with Gasteiger partial charge in [0.2, 0.25) is 5.91 Å². The molecule has 0 bridgehead atoms. The second-order valence-electron chi connectivity index (χ2n) is 7.15. The summed E-state index contributed by atoms with van der Waals surface area (Å²) in [6.07, 6.45) is -2.01. The summed E-state index contributed by atoms with van der Waals surface area (Å²) in [4.78, 5) is 26.6. The van der Waals surface area contributed by atoms with Crippen LogP contribution >= 0.6 is 0 Å². The molecule has 2 aliphatic heterocycles. The van der Waals surface area contributed by atoms with Crippen LogP contribution in [0.4, 0.5) is 13.2 Å². The summed E-state index contributed by atoms with van der Waals surface area (Å²) in [6.45, 7) is 2.95. The Morgan fingerprint density at radius 3 is 2.69 bits per heavy atom. The molecule has 0 aromatic heterocycles. The van der Waals surface area contributed by atoms with Crippen molar-refractivity contribution in [1.29, 1.82) is 0 Å². The van der Waals surface area contributed by atoms with E-state index in [-0.39, 0.29) is 24.1 Å². The van der Waals surface area contributed by atoms with Crippen molar-refractivity contribution in [2.75, 3.05) is 32.8 Å². The third-order valence-electron chi connectivity index (χ3n) is 5.03. The predicted molar refractivity (Wildman–Crippen MR) is 97.4 cm³/mol. The molecular weight excluding hydrogens is 391 g/mol. The van der Waals surface area contributed by atoms with E-state index in [0.717, 1.165) is 57.7 Å². The summed E-state index contributed by atoms with van der Waals surface area (Å²) >= 11 is 0. The number of nitrogens with zero attached hydrogens (tertiary/aromatic N) is 1. The van der Waals surface area contributed by atoms with Gasteiger partial charge in [0.15, 0.2) is 0 Å². The van der Waals surface area contributed by atoms with Crippen LogP contribution in [0.3, 0.4) is 0 Å². The van der Waals surface area contributed by atoms with E-state index in [4.69, 9.17) is 4.74 Å². The molecule has 3 rings (SSSR count). The average Bonchev–Trinajstić information content (AvgIpc) is 3.14. The van der Waals surface area contributed by atoms with Crippen molar-refractivity contribution in [1.82, 2.24) is 15.5 Å². The van der Waals surface area contributed by atoms with E-state index in [1.807, 2.05) is 0 Å². The fourth-order valence-electron chi connectivity index (χ4n) is 3.66. The minimum absolute atomic E-state index is 0.0192. The topological polar surface area (TPSA) is 79.9 Å². The standard InChI is InChI=1S/C19H24F3N3O4/c20-19(21,22)29-16-3-1-2-13(10-16)18(27)23-11-17(26)24-14-4-7-25(12-14)15-5-8-28-9-6-15/h1-3,10,14-15H,4-9,11-12H2,(H,23,27)(H,24,26). The SMILES string of the molecule is O=C(CNC(=O)c1cccc(OC(F)(F)F)c1)NC1CCN(C2CCOCC2)C1. The molecule has 1 aromatic rings. The summed E-state index contributed by atoms with van der Waals surface area (Å²) in [5.74, 6) is -1.48. The molecule has 0 spiro atoms. The van der Waals surface area contributed by atoms with Crippen molar-refractivity contribution in [2.45, 2.75) is 37.7 Å². The Balaban J connectivity index is 1.42. The van der Waals surface area contributed by atoms with E-state index in [9.17, 15) is 22.8 Å². The maximum Gasteiger partial charge on any atom is 0.573 e. The van der Waals surface area contributed by atoms with Crippen molar-refractivity contribution in [3.05, 3.63) is 29.8 Å². The van der Waals surface area contributed by atoms with E-state index in [1.165, 1.54) is 12.1 Å². The lowest BCUT2D eigenvalue weighted by Crippen LogP contribution is -2.44. The van der Waals surface area contributed by atoms with Gasteiger partial charge in [-0.05, 0) is 37.5 Å². The van der Waals surface area contributed by atoms with Crippen LogP contribution < -0.4 is 15.4 Å². The van der Waals surface area contributed by atoms with E-state index in [2.05, 4.69) is 20.3 Å². The Morgan fingerprint density at radius 1 is 1.21 bits per heavy atom. The lowest BCUT2D eigenvalue weighted by molar-refractivity contribution is -0.274. The van der Waals surface area contributed by atoms with Crippen LogP contribution in [0, 0.1) is 0 Å². The molecule has 0 aliphatic carbocycles. The van der Waals surface area contributed by atoms with Crippen LogP contribution in [0.1, 0.15) is 29.6 Å². The van der Waals surface area contributed by atoms with Gasteiger partial charge in [0.1, 0.15) is 5.75 Å². The smallest absolute Gasteiger partial charge is 0.406 e. The molecular formula is C19H24F3N3O4. The Labute approximate surface area is 166 Å². The summed E-state index contributed by atoms with van der Waals surface area (Å²) < 4.78 is 46.0. The van der Waals surface area contributed by atoms with E-state index < -0.39 is 18.0 Å². The van der Waals surface area contributed by atoms with Crippen molar-refractivity contribution in [3.8, 4) is 5.75 Å². The number of ether oxygens (including phenoxy) is 2. The number of alkyl halides is 3. The number of benzene rings is 1. The Hall–Kier alpha value is -2.33. The van der Waals surface area contributed by atoms with Crippen molar-refractivity contribution in [2.24, 2.45) is 0 Å². The van der Waals surface area contributed by atoms with Crippen molar-refractivity contribution >= 4 is 11.8 Å². The minimum Gasteiger partial charge on any atom is -0.406 e. The highest BCUT2D eigenvalue weighted by Gasteiger charge is 2.31. The fourth-order valence-corrected chi connectivity index (χ4v) is 3.66.